The summed E-state index contributed by atoms with van der Waals surface area (Å²) in [6, 6.07) is 14.9. The van der Waals surface area contributed by atoms with Gasteiger partial charge in [0.2, 0.25) is 5.95 Å². The molecule has 6 nitrogen and oxygen atoms in total. The molecule has 0 saturated heterocycles. The molecule has 0 spiro atoms. The summed E-state index contributed by atoms with van der Waals surface area (Å²) in [6.45, 7) is 0.553. The van der Waals surface area contributed by atoms with Crippen LogP contribution in [0.25, 0.3) is 17.5 Å². The van der Waals surface area contributed by atoms with Crippen molar-refractivity contribution in [2.45, 2.75) is 6.54 Å². The van der Waals surface area contributed by atoms with Crippen LogP contribution >= 0.6 is 22.9 Å². The second-order valence-corrected chi connectivity index (χ2v) is 7.54. The lowest BCUT2D eigenvalue weighted by molar-refractivity contribution is 0.0957. The Hall–Kier alpha value is -3.29. The third-order valence-electron chi connectivity index (χ3n) is 4.02. The van der Waals surface area contributed by atoms with Crippen LogP contribution in [-0.2, 0) is 6.54 Å². The normalized spacial score (nSPS) is 11.1. The monoisotopic (exact) mass is 421 g/mol. The Labute approximate surface area is 176 Å². The smallest absolute Gasteiger partial charge is 0.274 e. The van der Waals surface area contributed by atoms with Gasteiger partial charge in [0.15, 0.2) is 5.82 Å². The number of hydrogen-bond donors (Lipinski definition) is 1. The average molecular weight is 422 g/mol. The highest BCUT2D eigenvalue weighted by Crippen LogP contribution is 2.19. The Morgan fingerprint density at radius 3 is 2.76 bits per heavy atom. The number of benzene rings is 1. The summed E-state index contributed by atoms with van der Waals surface area (Å²) >= 11 is 7.53. The molecule has 3 aromatic heterocycles. The minimum Gasteiger partial charge on any atom is -0.349 e. The number of carbonyl (C=O) groups excluding carboxylic acids is 1. The van der Waals surface area contributed by atoms with Crippen LogP contribution in [0.15, 0.2) is 72.4 Å². The molecule has 0 atom stereocenters. The lowest BCUT2D eigenvalue weighted by Crippen LogP contribution is -2.14. The molecule has 0 aliphatic rings. The number of nitrogens with zero attached hydrogens (tertiary/aromatic N) is 4. The summed E-state index contributed by atoms with van der Waals surface area (Å²) in [6.07, 6.45) is 6.52. The number of pyridine rings is 1. The zero-order chi connectivity index (χ0) is 20.1. The summed E-state index contributed by atoms with van der Waals surface area (Å²) in [5.74, 6) is 0.499. The van der Waals surface area contributed by atoms with Crippen molar-refractivity contribution in [2.75, 3.05) is 5.32 Å². The predicted octanol–water partition coefficient (Wildman–Crippen LogP) is 5.02. The van der Waals surface area contributed by atoms with Crippen LogP contribution < -0.4 is 5.32 Å². The maximum absolute atomic E-state index is 12.8. The van der Waals surface area contributed by atoms with E-state index < -0.39 is 0 Å². The second-order valence-electron chi connectivity index (χ2n) is 6.07. The molecule has 0 amide bonds. The van der Waals surface area contributed by atoms with Crippen molar-refractivity contribution >= 4 is 40.9 Å². The number of rotatable bonds is 6. The largest absolute Gasteiger partial charge is 0.349 e. The molecule has 0 unspecified atom stereocenters. The van der Waals surface area contributed by atoms with Gasteiger partial charge in [-0.15, -0.1) is 16.4 Å². The van der Waals surface area contributed by atoms with Gasteiger partial charge in [-0.05, 0) is 47.4 Å². The van der Waals surface area contributed by atoms with Crippen LogP contribution in [-0.4, -0.2) is 25.7 Å². The Kier molecular flexibility index (Phi) is 5.79. The molecular weight excluding hydrogens is 406 g/mol. The zero-order valence-corrected chi connectivity index (χ0v) is 16.8. The predicted molar refractivity (Wildman–Crippen MR) is 116 cm³/mol. The Morgan fingerprint density at radius 1 is 1.17 bits per heavy atom. The van der Waals surface area contributed by atoms with E-state index in [1.54, 1.807) is 48.0 Å². The van der Waals surface area contributed by atoms with Crippen LogP contribution in [0.4, 0.5) is 5.95 Å². The van der Waals surface area contributed by atoms with Crippen LogP contribution in [0.5, 0.6) is 0 Å². The number of aromatic nitrogens is 4. The van der Waals surface area contributed by atoms with Crippen molar-refractivity contribution < 1.29 is 4.79 Å². The number of carbonyl (C=O) groups is 1. The first kappa shape index (κ1) is 19.0. The molecule has 1 N–H and O–H groups in total. The SMILES string of the molecule is O=C(C=Cc1ccc(Cl)cc1)n1nc(-c2cccnc2)nc1NCc1cccs1. The van der Waals surface area contributed by atoms with E-state index in [9.17, 15) is 4.79 Å². The van der Waals surface area contributed by atoms with Gasteiger partial charge in [0, 0.05) is 33.9 Å². The molecule has 0 fully saturated rings. The molecule has 4 aromatic rings. The van der Waals surface area contributed by atoms with Crippen molar-refractivity contribution in [3.05, 3.63) is 87.8 Å². The van der Waals surface area contributed by atoms with E-state index in [-0.39, 0.29) is 5.91 Å². The van der Waals surface area contributed by atoms with E-state index in [2.05, 4.69) is 20.4 Å². The van der Waals surface area contributed by atoms with Gasteiger partial charge in [-0.3, -0.25) is 9.78 Å². The number of anilines is 1. The van der Waals surface area contributed by atoms with E-state index in [1.807, 2.05) is 35.7 Å². The number of thiophene rings is 1. The molecule has 0 bridgehead atoms. The molecule has 0 saturated carbocycles. The standard InChI is InChI=1S/C21H16ClN5OS/c22-17-8-5-15(6-9-17)7-10-19(28)27-21(24-14-18-4-2-12-29-18)25-20(26-27)16-3-1-11-23-13-16/h1-13H,14H2,(H,24,25,26). The zero-order valence-electron chi connectivity index (χ0n) is 15.2. The lowest BCUT2D eigenvalue weighted by atomic mass is 10.2. The van der Waals surface area contributed by atoms with Crippen molar-refractivity contribution in [1.82, 2.24) is 19.7 Å². The minimum atomic E-state index is -0.309. The van der Waals surface area contributed by atoms with Gasteiger partial charge in [-0.25, -0.2) is 0 Å². The fourth-order valence-corrected chi connectivity index (χ4v) is 3.36. The Balaban J connectivity index is 1.61. The molecule has 0 aliphatic heterocycles. The van der Waals surface area contributed by atoms with E-state index in [4.69, 9.17) is 11.6 Å². The summed E-state index contributed by atoms with van der Waals surface area (Å²) in [5, 5.41) is 10.2. The highest BCUT2D eigenvalue weighted by Gasteiger charge is 2.16. The molecule has 4 rings (SSSR count). The molecule has 0 radical (unpaired) electrons. The van der Waals surface area contributed by atoms with Crippen molar-refractivity contribution in [3.8, 4) is 11.4 Å². The number of hydrogen-bond acceptors (Lipinski definition) is 6. The fourth-order valence-electron chi connectivity index (χ4n) is 2.59. The van der Waals surface area contributed by atoms with Crippen molar-refractivity contribution in [1.29, 1.82) is 0 Å². The van der Waals surface area contributed by atoms with E-state index >= 15 is 0 Å². The van der Waals surface area contributed by atoms with Crippen LogP contribution in [0.1, 0.15) is 15.2 Å². The van der Waals surface area contributed by atoms with Gasteiger partial charge in [0.25, 0.3) is 5.91 Å². The van der Waals surface area contributed by atoms with Gasteiger partial charge in [-0.1, -0.05) is 29.8 Å². The van der Waals surface area contributed by atoms with Gasteiger partial charge >= 0.3 is 0 Å². The molecule has 29 heavy (non-hydrogen) atoms. The highest BCUT2D eigenvalue weighted by molar-refractivity contribution is 7.09. The maximum Gasteiger partial charge on any atom is 0.274 e. The first-order chi connectivity index (χ1) is 14.2. The first-order valence-electron chi connectivity index (χ1n) is 8.81. The van der Waals surface area contributed by atoms with E-state index in [0.29, 0.717) is 23.3 Å². The number of allylic oxidation sites excluding steroid dienone is 1. The maximum atomic E-state index is 12.8. The molecule has 8 heteroatoms. The lowest BCUT2D eigenvalue weighted by Gasteiger charge is -2.04. The molecular formula is C21H16ClN5OS. The topological polar surface area (TPSA) is 72.7 Å². The quantitative estimate of drug-likeness (QED) is 0.442. The Bertz CT molecular complexity index is 1120. The Morgan fingerprint density at radius 2 is 2.03 bits per heavy atom. The van der Waals surface area contributed by atoms with Gasteiger partial charge in [0.05, 0.1) is 6.54 Å². The third-order valence-corrected chi connectivity index (χ3v) is 5.15. The van der Waals surface area contributed by atoms with Gasteiger partial charge < -0.3 is 5.32 Å². The second kappa shape index (κ2) is 8.81. The van der Waals surface area contributed by atoms with Crippen LogP contribution in [0, 0.1) is 0 Å². The molecule has 144 valence electrons. The van der Waals surface area contributed by atoms with E-state index in [0.717, 1.165) is 16.0 Å². The van der Waals surface area contributed by atoms with Gasteiger partial charge in [0.1, 0.15) is 0 Å². The average Bonchev–Trinajstić information content (AvgIpc) is 3.42. The summed E-state index contributed by atoms with van der Waals surface area (Å²) in [5.41, 5.74) is 1.60. The molecule has 3 heterocycles. The van der Waals surface area contributed by atoms with E-state index in [1.165, 1.54) is 10.8 Å². The van der Waals surface area contributed by atoms with Crippen molar-refractivity contribution in [2.24, 2.45) is 0 Å². The molecule has 0 aliphatic carbocycles. The van der Waals surface area contributed by atoms with Crippen LogP contribution in [0.3, 0.4) is 0 Å². The first-order valence-corrected chi connectivity index (χ1v) is 10.1. The van der Waals surface area contributed by atoms with Crippen molar-refractivity contribution in [3.63, 3.8) is 0 Å². The number of nitrogens with one attached hydrogen (secondary N) is 1. The molecule has 1 aromatic carbocycles. The fraction of sp³-hybridized carbons (Fsp3) is 0.0476. The van der Waals surface area contributed by atoms with Gasteiger partial charge in [-0.2, -0.15) is 9.67 Å². The summed E-state index contributed by atoms with van der Waals surface area (Å²) < 4.78 is 1.27. The summed E-state index contributed by atoms with van der Waals surface area (Å²) in [7, 11) is 0. The highest BCUT2D eigenvalue weighted by atomic mass is 35.5. The summed E-state index contributed by atoms with van der Waals surface area (Å²) in [4.78, 5) is 22.5. The minimum absolute atomic E-state index is 0.309. The number of halogens is 1. The van der Waals surface area contributed by atoms with Crippen LogP contribution in [0.2, 0.25) is 5.02 Å². The third kappa shape index (κ3) is 4.77.